The van der Waals surface area contributed by atoms with Crippen LogP contribution in [0.5, 0.6) is 0 Å². The van der Waals surface area contributed by atoms with Crippen LogP contribution in [0, 0.1) is 5.82 Å². The molecule has 0 unspecified atom stereocenters. The monoisotopic (exact) mass is 433 g/mol. The lowest BCUT2D eigenvalue weighted by Crippen LogP contribution is -2.41. The van der Waals surface area contributed by atoms with Gasteiger partial charge in [0.05, 0.1) is 10.6 Å². The molecule has 2 aromatic rings. The van der Waals surface area contributed by atoms with Gasteiger partial charge in [0.15, 0.2) is 5.78 Å². The molecule has 1 aromatic carbocycles. The van der Waals surface area contributed by atoms with Gasteiger partial charge in [0.2, 0.25) is 5.91 Å². The molecule has 1 heterocycles. The molecule has 0 saturated carbocycles. The van der Waals surface area contributed by atoms with Crippen LogP contribution in [0.4, 0.5) is 4.39 Å². The van der Waals surface area contributed by atoms with Crippen molar-refractivity contribution in [2.75, 3.05) is 20.6 Å². The lowest BCUT2D eigenvalue weighted by molar-refractivity contribution is -0.121. The minimum atomic E-state index is -0.495. The van der Waals surface area contributed by atoms with Gasteiger partial charge < -0.3 is 10.2 Å². The number of halogens is 2. The van der Waals surface area contributed by atoms with Gasteiger partial charge in [-0.2, -0.15) is 0 Å². The lowest BCUT2D eigenvalue weighted by Gasteiger charge is -2.25. The van der Waals surface area contributed by atoms with E-state index in [1.807, 2.05) is 32.0 Å². The van der Waals surface area contributed by atoms with E-state index < -0.39 is 5.82 Å². The maximum absolute atomic E-state index is 14.3. The number of carbonyl (C=O) groups is 2. The largest absolute Gasteiger partial charge is 0.355 e. The number of rotatable bonds is 10. The molecule has 1 N–H and O–H groups in total. The molecule has 2 atom stereocenters. The van der Waals surface area contributed by atoms with E-state index in [0.717, 1.165) is 11.3 Å². The third kappa shape index (κ3) is 6.89. The first-order valence-corrected chi connectivity index (χ1v) is 10.4. The van der Waals surface area contributed by atoms with Gasteiger partial charge in [0.1, 0.15) is 5.82 Å². The van der Waals surface area contributed by atoms with Crippen molar-refractivity contribution < 1.29 is 14.0 Å². The molecule has 0 fully saturated rings. The number of likely N-dealkylation sites (N-methyl/N-ethyl adjacent to an activating group) is 1. The van der Waals surface area contributed by atoms with E-state index in [2.05, 4.69) is 10.3 Å². The number of benzene rings is 1. The summed E-state index contributed by atoms with van der Waals surface area (Å²) in [7, 11) is 3.84. The Hall–Kier alpha value is -2.31. The Balaban J connectivity index is 1.94. The number of carbonyl (C=O) groups excluding carboxylic acids is 2. The highest BCUT2D eigenvalue weighted by Crippen LogP contribution is 2.19. The van der Waals surface area contributed by atoms with Gasteiger partial charge in [-0.05, 0) is 50.3 Å². The second kappa shape index (κ2) is 11.2. The predicted molar refractivity (Wildman–Crippen MR) is 117 cm³/mol. The fourth-order valence-electron chi connectivity index (χ4n) is 3.18. The smallest absolute Gasteiger partial charge is 0.220 e. The molecule has 0 saturated heterocycles. The quantitative estimate of drug-likeness (QED) is 0.569. The number of amides is 1. The molecular formula is C23H29ClFN3O2. The van der Waals surface area contributed by atoms with Gasteiger partial charge >= 0.3 is 0 Å². The first kappa shape index (κ1) is 24.0. The molecule has 0 aliphatic heterocycles. The predicted octanol–water partition coefficient (Wildman–Crippen LogP) is 4.25. The van der Waals surface area contributed by atoms with Crippen LogP contribution in [0.3, 0.4) is 0 Å². The molecule has 1 amide bonds. The van der Waals surface area contributed by atoms with E-state index in [-0.39, 0.29) is 35.6 Å². The Labute approximate surface area is 182 Å². The molecular weight excluding hydrogens is 405 g/mol. The van der Waals surface area contributed by atoms with Crippen LogP contribution in [0.1, 0.15) is 54.2 Å². The van der Waals surface area contributed by atoms with E-state index in [0.29, 0.717) is 24.4 Å². The summed E-state index contributed by atoms with van der Waals surface area (Å²) in [4.78, 5) is 30.4. The second-order valence-corrected chi connectivity index (χ2v) is 8.16. The Morgan fingerprint density at radius 1 is 1.23 bits per heavy atom. The first-order valence-electron chi connectivity index (χ1n) is 10.1. The highest BCUT2D eigenvalue weighted by molar-refractivity contribution is 6.30. The van der Waals surface area contributed by atoms with Crippen molar-refractivity contribution in [2.24, 2.45) is 0 Å². The maximum atomic E-state index is 14.3. The molecule has 5 nitrogen and oxygen atoms in total. The summed E-state index contributed by atoms with van der Waals surface area (Å²) >= 11 is 5.86. The SMILES string of the molecule is CCC(=O)c1ccc(C[C@@H](CNC(=O)C[C@H](C)c2ccc(Cl)cn2)N(C)C)cc1F. The van der Waals surface area contributed by atoms with Crippen LogP contribution >= 0.6 is 11.6 Å². The van der Waals surface area contributed by atoms with Gasteiger partial charge in [0, 0.05) is 43.2 Å². The number of hydrogen-bond donors (Lipinski definition) is 1. The van der Waals surface area contributed by atoms with Crippen LogP contribution < -0.4 is 5.32 Å². The van der Waals surface area contributed by atoms with Crippen molar-refractivity contribution in [3.63, 3.8) is 0 Å². The van der Waals surface area contributed by atoms with Gasteiger partial charge in [-0.25, -0.2) is 4.39 Å². The van der Waals surface area contributed by atoms with Gasteiger partial charge in [-0.3, -0.25) is 14.6 Å². The number of nitrogens with zero attached hydrogens (tertiary/aromatic N) is 2. The highest BCUT2D eigenvalue weighted by Gasteiger charge is 2.18. The summed E-state index contributed by atoms with van der Waals surface area (Å²) in [5.74, 6) is -0.802. The zero-order chi connectivity index (χ0) is 22.3. The number of aromatic nitrogens is 1. The summed E-state index contributed by atoms with van der Waals surface area (Å²) in [5.41, 5.74) is 1.73. The van der Waals surface area contributed by atoms with Crippen LogP contribution in [0.2, 0.25) is 5.02 Å². The Kier molecular flexibility index (Phi) is 8.93. The van der Waals surface area contributed by atoms with Crippen molar-refractivity contribution in [2.45, 2.75) is 45.1 Å². The number of Topliss-reactive ketones (excluding diaryl/α,β-unsaturated/α-hetero) is 1. The first-order chi connectivity index (χ1) is 14.2. The topological polar surface area (TPSA) is 62.3 Å². The van der Waals surface area contributed by atoms with Crippen molar-refractivity contribution in [3.8, 4) is 0 Å². The van der Waals surface area contributed by atoms with E-state index >= 15 is 0 Å². The van der Waals surface area contributed by atoms with E-state index in [9.17, 15) is 14.0 Å². The zero-order valence-electron chi connectivity index (χ0n) is 17.9. The van der Waals surface area contributed by atoms with Gasteiger partial charge in [-0.15, -0.1) is 0 Å². The average Bonchev–Trinajstić information content (AvgIpc) is 2.70. The summed E-state index contributed by atoms with van der Waals surface area (Å²) in [6, 6.07) is 8.31. The molecule has 0 spiro atoms. The number of hydrogen-bond acceptors (Lipinski definition) is 4. The molecule has 0 aliphatic carbocycles. The standard InChI is InChI=1S/C23H29ClFN3O2/c1-5-22(29)19-8-6-16(12-20(19)25)11-18(28(3)4)14-27-23(30)10-15(2)21-9-7-17(24)13-26-21/h6-9,12-13,15,18H,5,10-11,14H2,1-4H3,(H,27,30)/t15-,18-/m0/s1. The Bertz CT molecular complexity index is 871. The van der Waals surface area contributed by atoms with Crippen LogP contribution in [0.15, 0.2) is 36.5 Å². The third-order valence-corrected chi connectivity index (χ3v) is 5.36. The Morgan fingerprint density at radius 2 is 1.97 bits per heavy atom. The van der Waals surface area contributed by atoms with Crippen molar-refractivity contribution in [1.82, 2.24) is 15.2 Å². The fourth-order valence-corrected chi connectivity index (χ4v) is 3.29. The summed E-state index contributed by atoms with van der Waals surface area (Å²) < 4.78 is 14.3. The minimum absolute atomic E-state index is 0.00922. The summed E-state index contributed by atoms with van der Waals surface area (Å²) in [5, 5.41) is 3.53. The van der Waals surface area contributed by atoms with E-state index in [4.69, 9.17) is 11.6 Å². The molecule has 162 valence electrons. The highest BCUT2D eigenvalue weighted by atomic mass is 35.5. The number of nitrogens with one attached hydrogen (secondary N) is 1. The second-order valence-electron chi connectivity index (χ2n) is 7.72. The molecule has 30 heavy (non-hydrogen) atoms. The molecule has 7 heteroatoms. The van der Waals surface area contributed by atoms with Crippen molar-refractivity contribution in [1.29, 1.82) is 0 Å². The van der Waals surface area contributed by atoms with E-state index in [1.54, 1.807) is 31.3 Å². The fraction of sp³-hybridized carbons (Fsp3) is 0.435. The molecule has 0 radical (unpaired) electrons. The van der Waals surface area contributed by atoms with Crippen LogP contribution in [0.25, 0.3) is 0 Å². The maximum Gasteiger partial charge on any atom is 0.220 e. The van der Waals surface area contributed by atoms with Gasteiger partial charge in [-0.1, -0.05) is 31.5 Å². The van der Waals surface area contributed by atoms with Gasteiger partial charge in [0.25, 0.3) is 0 Å². The molecule has 2 rings (SSSR count). The number of pyridine rings is 1. The van der Waals surface area contributed by atoms with Crippen LogP contribution in [-0.2, 0) is 11.2 Å². The molecule has 1 aromatic heterocycles. The number of ketones is 1. The molecule has 0 bridgehead atoms. The van der Waals surface area contributed by atoms with Crippen LogP contribution in [-0.4, -0.2) is 48.3 Å². The summed E-state index contributed by atoms with van der Waals surface area (Å²) in [6.07, 6.45) is 2.72. The normalized spacial score (nSPS) is 13.2. The van der Waals surface area contributed by atoms with Crippen molar-refractivity contribution in [3.05, 3.63) is 64.2 Å². The lowest BCUT2D eigenvalue weighted by atomic mass is 10.00. The zero-order valence-corrected chi connectivity index (χ0v) is 18.7. The minimum Gasteiger partial charge on any atom is -0.355 e. The van der Waals surface area contributed by atoms with Crippen molar-refractivity contribution >= 4 is 23.3 Å². The van der Waals surface area contributed by atoms with E-state index in [1.165, 1.54) is 6.07 Å². The average molecular weight is 434 g/mol. The Morgan fingerprint density at radius 3 is 2.53 bits per heavy atom. The summed E-state index contributed by atoms with van der Waals surface area (Å²) in [6.45, 7) is 4.09. The third-order valence-electron chi connectivity index (χ3n) is 5.14. The molecule has 0 aliphatic rings.